The van der Waals surface area contributed by atoms with Gasteiger partial charge in [-0.3, -0.25) is 4.57 Å². The zero-order valence-corrected chi connectivity index (χ0v) is 12.1. The Balaban J connectivity index is 2.33. The van der Waals surface area contributed by atoms with Gasteiger partial charge in [0.1, 0.15) is 0 Å². The molecular weight excluding hydrogens is 269 g/mol. The summed E-state index contributed by atoms with van der Waals surface area (Å²) >= 11 is 0. The Morgan fingerprint density at radius 1 is 1.19 bits per heavy atom. The Morgan fingerprint density at radius 2 is 1.95 bits per heavy atom. The average molecular weight is 285 g/mol. The number of nitrogens with two attached hydrogens (primary N) is 1. The second kappa shape index (κ2) is 4.77. The Morgan fingerprint density at radius 3 is 2.62 bits per heavy atom. The van der Waals surface area contributed by atoms with Crippen molar-refractivity contribution in [2.75, 3.05) is 12.8 Å². The zero-order valence-electron chi connectivity index (χ0n) is 12.1. The van der Waals surface area contributed by atoms with E-state index < -0.39 is 5.82 Å². The molecule has 3 aromatic rings. The monoisotopic (exact) mass is 285 g/mol. The Kier molecular flexibility index (Phi) is 3.05. The second-order valence-corrected chi connectivity index (χ2v) is 5.07. The first-order valence-electron chi connectivity index (χ1n) is 6.60. The number of fused-ring (bicyclic) bond motifs is 1. The van der Waals surface area contributed by atoms with Crippen molar-refractivity contribution in [1.29, 1.82) is 0 Å². The summed E-state index contributed by atoms with van der Waals surface area (Å²) in [4.78, 5) is 4.23. The maximum atomic E-state index is 13.8. The molecule has 0 bridgehead atoms. The first kappa shape index (κ1) is 13.4. The van der Waals surface area contributed by atoms with E-state index in [1.807, 2.05) is 30.5 Å². The molecule has 2 N–H and O–H groups in total. The van der Waals surface area contributed by atoms with E-state index in [1.54, 1.807) is 6.07 Å². The van der Waals surface area contributed by atoms with Gasteiger partial charge in [-0.1, -0.05) is 17.7 Å². The number of halogens is 1. The van der Waals surface area contributed by atoms with Crippen molar-refractivity contribution < 1.29 is 9.13 Å². The van der Waals surface area contributed by atoms with E-state index in [-0.39, 0.29) is 5.75 Å². The van der Waals surface area contributed by atoms with Gasteiger partial charge in [0.2, 0.25) is 5.95 Å². The summed E-state index contributed by atoms with van der Waals surface area (Å²) in [5, 5.41) is 0. The van der Waals surface area contributed by atoms with Crippen molar-refractivity contribution in [1.82, 2.24) is 9.55 Å². The number of nitrogens with zero attached hydrogens (tertiary/aromatic N) is 2. The van der Waals surface area contributed by atoms with Gasteiger partial charge in [-0.05, 0) is 25.5 Å². The SMILES string of the molecule is COc1cc2c(cc1F)nc(N)n2-c1ccc(C)cc1C. The normalized spacial score (nSPS) is 11.0. The molecule has 0 radical (unpaired) electrons. The molecule has 0 aliphatic carbocycles. The Hall–Kier alpha value is -2.56. The zero-order chi connectivity index (χ0) is 15.1. The first-order valence-corrected chi connectivity index (χ1v) is 6.60. The van der Waals surface area contributed by atoms with Crippen LogP contribution >= 0.6 is 0 Å². The number of aryl methyl sites for hydroxylation is 2. The summed E-state index contributed by atoms with van der Waals surface area (Å²) in [7, 11) is 1.44. The fraction of sp³-hybridized carbons (Fsp3) is 0.188. The van der Waals surface area contributed by atoms with E-state index in [2.05, 4.69) is 11.1 Å². The predicted molar refractivity (Wildman–Crippen MR) is 81.5 cm³/mol. The van der Waals surface area contributed by atoms with Crippen molar-refractivity contribution >= 4 is 17.0 Å². The molecule has 0 amide bonds. The molecule has 1 heterocycles. The molecule has 0 saturated carbocycles. The summed E-state index contributed by atoms with van der Waals surface area (Å²) in [5.41, 5.74) is 10.4. The molecule has 1 aromatic heterocycles. The Labute approximate surface area is 122 Å². The van der Waals surface area contributed by atoms with Crippen molar-refractivity contribution in [3.8, 4) is 11.4 Å². The topological polar surface area (TPSA) is 53.1 Å². The Bertz CT molecular complexity index is 839. The van der Waals surface area contributed by atoms with Gasteiger partial charge in [-0.15, -0.1) is 0 Å². The molecule has 4 nitrogen and oxygen atoms in total. The fourth-order valence-electron chi connectivity index (χ4n) is 2.56. The minimum atomic E-state index is -0.449. The third-order valence-corrected chi connectivity index (χ3v) is 3.55. The predicted octanol–water partition coefficient (Wildman–Crippen LogP) is 3.37. The minimum absolute atomic E-state index is 0.174. The van der Waals surface area contributed by atoms with Crippen molar-refractivity contribution in [2.24, 2.45) is 0 Å². The van der Waals surface area contributed by atoms with Gasteiger partial charge in [-0.25, -0.2) is 9.37 Å². The largest absolute Gasteiger partial charge is 0.494 e. The van der Waals surface area contributed by atoms with Gasteiger partial charge in [0.05, 0.1) is 23.8 Å². The lowest BCUT2D eigenvalue weighted by Crippen LogP contribution is -2.03. The highest BCUT2D eigenvalue weighted by atomic mass is 19.1. The molecule has 0 spiro atoms. The number of imidazole rings is 1. The number of nitrogen functional groups attached to an aromatic ring is 1. The third-order valence-electron chi connectivity index (χ3n) is 3.55. The average Bonchev–Trinajstić information content (AvgIpc) is 2.73. The van der Waals surface area contributed by atoms with Crippen molar-refractivity contribution in [3.05, 3.63) is 47.3 Å². The highest BCUT2D eigenvalue weighted by Crippen LogP contribution is 2.30. The summed E-state index contributed by atoms with van der Waals surface area (Å²) in [6.45, 7) is 4.04. The highest BCUT2D eigenvalue weighted by Gasteiger charge is 2.15. The molecule has 3 rings (SSSR count). The number of rotatable bonds is 2. The number of aromatic nitrogens is 2. The van der Waals surface area contributed by atoms with Gasteiger partial charge in [0.15, 0.2) is 11.6 Å². The van der Waals surface area contributed by atoms with Crippen LogP contribution < -0.4 is 10.5 Å². The molecule has 0 saturated heterocycles. The number of methoxy groups -OCH3 is 1. The molecular formula is C16H16FN3O. The number of benzene rings is 2. The van der Waals surface area contributed by atoms with Crippen LogP contribution in [0.2, 0.25) is 0 Å². The lowest BCUT2D eigenvalue weighted by Gasteiger charge is -2.11. The van der Waals surface area contributed by atoms with Crippen molar-refractivity contribution in [2.45, 2.75) is 13.8 Å². The van der Waals surface area contributed by atoms with E-state index in [0.29, 0.717) is 11.5 Å². The molecule has 5 heteroatoms. The number of hydrogen-bond donors (Lipinski definition) is 1. The lowest BCUT2D eigenvalue weighted by atomic mass is 10.1. The number of ether oxygens (including phenoxy) is 1. The van der Waals surface area contributed by atoms with Crippen LogP contribution in [0.15, 0.2) is 30.3 Å². The molecule has 2 aromatic carbocycles. The summed E-state index contributed by atoms with van der Waals surface area (Å²) in [6, 6.07) is 9.02. The minimum Gasteiger partial charge on any atom is -0.494 e. The van der Waals surface area contributed by atoms with Crippen LogP contribution in [-0.4, -0.2) is 16.7 Å². The molecule has 0 aliphatic rings. The molecule has 21 heavy (non-hydrogen) atoms. The molecule has 0 fully saturated rings. The highest BCUT2D eigenvalue weighted by molar-refractivity contribution is 5.82. The maximum Gasteiger partial charge on any atom is 0.205 e. The van der Waals surface area contributed by atoms with Gasteiger partial charge in [0.25, 0.3) is 0 Å². The summed E-state index contributed by atoms with van der Waals surface area (Å²) in [6.07, 6.45) is 0. The van der Waals surface area contributed by atoms with Gasteiger partial charge in [0, 0.05) is 12.1 Å². The van der Waals surface area contributed by atoms with E-state index in [0.717, 1.165) is 16.8 Å². The first-order chi connectivity index (χ1) is 10.0. The van der Waals surface area contributed by atoms with Crippen LogP contribution in [0.1, 0.15) is 11.1 Å². The second-order valence-electron chi connectivity index (χ2n) is 5.07. The number of anilines is 1. The van der Waals surface area contributed by atoms with E-state index in [1.165, 1.54) is 18.7 Å². The smallest absolute Gasteiger partial charge is 0.205 e. The van der Waals surface area contributed by atoms with Crippen LogP contribution in [0.3, 0.4) is 0 Å². The maximum absolute atomic E-state index is 13.8. The molecule has 0 aliphatic heterocycles. The molecule has 108 valence electrons. The van der Waals surface area contributed by atoms with E-state index >= 15 is 0 Å². The van der Waals surface area contributed by atoms with Gasteiger partial charge >= 0.3 is 0 Å². The standard InChI is InChI=1S/C16H16FN3O/c1-9-4-5-13(10(2)6-9)20-14-8-15(21-3)11(17)7-12(14)19-16(20)18/h4-8H,1-3H3,(H2,18,19). The van der Waals surface area contributed by atoms with Gasteiger partial charge in [-0.2, -0.15) is 0 Å². The lowest BCUT2D eigenvalue weighted by molar-refractivity contribution is 0.387. The van der Waals surface area contributed by atoms with E-state index in [4.69, 9.17) is 10.5 Å². The van der Waals surface area contributed by atoms with Crippen LogP contribution in [0.25, 0.3) is 16.7 Å². The number of hydrogen-bond acceptors (Lipinski definition) is 3. The molecule has 0 atom stereocenters. The summed E-state index contributed by atoms with van der Waals surface area (Å²) in [5.74, 6) is 0.0494. The third kappa shape index (κ3) is 2.11. The van der Waals surface area contributed by atoms with Crippen LogP contribution in [-0.2, 0) is 0 Å². The van der Waals surface area contributed by atoms with Crippen LogP contribution in [0, 0.1) is 19.7 Å². The van der Waals surface area contributed by atoms with Crippen LogP contribution in [0.5, 0.6) is 5.75 Å². The van der Waals surface area contributed by atoms with Crippen LogP contribution in [0.4, 0.5) is 10.3 Å². The fourth-order valence-corrected chi connectivity index (χ4v) is 2.56. The summed E-state index contributed by atoms with van der Waals surface area (Å²) < 4.78 is 20.6. The van der Waals surface area contributed by atoms with Gasteiger partial charge < -0.3 is 10.5 Å². The molecule has 0 unspecified atom stereocenters. The van der Waals surface area contributed by atoms with E-state index in [9.17, 15) is 4.39 Å². The quantitative estimate of drug-likeness (QED) is 0.785. The van der Waals surface area contributed by atoms with Crippen molar-refractivity contribution in [3.63, 3.8) is 0 Å².